The van der Waals surface area contributed by atoms with Crippen molar-refractivity contribution in [1.29, 1.82) is 0 Å². The zero-order valence-electron chi connectivity index (χ0n) is 10.3. The van der Waals surface area contributed by atoms with Crippen molar-refractivity contribution in [3.63, 3.8) is 0 Å². The minimum Gasteiger partial charge on any atom is -0.464 e. The number of methoxy groups -OCH3 is 1. The van der Waals surface area contributed by atoms with Crippen molar-refractivity contribution in [2.24, 2.45) is 0 Å². The number of anilines is 1. The van der Waals surface area contributed by atoms with Crippen LogP contribution in [0.25, 0.3) is 0 Å². The number of thioether (sulfide) groups is 1. The highest BCUT2D eigenvalue weighted by molar-refractivity contribution is 7.98. The summed E-state index contributed by atoms with van der Waals surface area (Å²) in [5.74, 6) is 1.12. The monoisotopic (exact) mass is 255 g/mol. The fourth-order valence-corrected chi connectivity index (χ4v) is 2.03. The van der Waals surface area contributed by atoms with E-state index in [0.717, 1.165) is 12.2 Å². The molecule has 0 amide bonds. The minimum absolute atomic E-state index is 0.219. The molecule has 1 aromatic heterocycles. The lowest BCUT2D eigenvalue weighted by molar-refractivity contribution is 0.0593. The van der Waals surface area contributed by atoms with E-state index < -0.39 is 5.97 Å². The van der Waals surface area contributed by atoms with Crippen LogP contribution in [0, 0.1) is 0 Å². The molecule has 1 N–H and O–H groups in total. The van der Waals surface area contributed by atoms with Crippen molar-refractivity contribution in [2.75, 3.05) is 24.4 Å². The van der Waals surface area contributed by atoms with Crippen molar-refractivity contribution in [1.82, 2.24) is 9.97 Å². The van der Waals surface area contributed by atoms with E-state index in [-0.39, 0.29) is 5.69 Å². The zero-order valence-corrected chi connectivity index (χ0v) is 11.1. The predicted molar refractivity (Wildman–Crippen MR) is 69.5 cm³/mol. The van der Waals surface area contributed by atoms with E-state index in [1.807, 2.05) is 0 Å². The summed E-state index contributed by atoms with van der Waals surface area (Å²) in [6, 6.07) is 0.326. The third-order valence-electron chi connectivity index (χ3n) is 2.24. The van der Waals surface area contributed by atoms with Crippen molar-refractivity contribution in [3.05, 3.63) is 18.1 Å². The summed E-state index contributed by atoms with van der Waals surface area (Å²) < 4.78 is 4.60. The van der Waals surface area contributed by atoms with Gasteiger partial charge in [0.2, 0.25) is 0 Å². The Morgan fingerprint density at radius 1 is 1.59 bits per heavy atom. The van der Waals surface area contributed by atoms with Gasteiger partial charge in [-0.25, -0.2) is 9.78 Å². The summed E-state index contributed by atoms with van der Waals surface area (Å²) in [5, 5.41) is 3.25. The molecule has 0 aliphatic rings. The van der Waals surface area contributed by atoms with Crippen LogP contribution in [-0.2, 0) is 4.74 Å². The molecule has 1 unspecified atom stereocenters. The smallest absolute Gasteiger partial charge is 0.358 e. The fraction of sp³-hybridized carbons (Fsp3) is 0.545. The molecule has 0 aliphatic heterocycles. The third-order valence-corrected chi connectivity index (χ3v) is 2.98. The van der Waals surface area contributed by atoms with Gasteiger partial charge in [-0.3, -0.25) is 4.98 Å². The summed E-state index contributed by atoms with van der Waals surface area (Å²) in [6.07, 6.45) is 6.05. The maximum Gasteiger partial charge on any atom is 0.358 e. The molecule has 0 aliphatic carbocycles. The average molecular weight is 255 g/mol. The molecular formula is C11H17N3O2S. The Morgan fingerprint density at radius 3 is 2.94 bits per heavy atom. The number of nitrogens with one attached hydrogen (secondary N) is 1. The maximum atomic E-state index is 11.3. The summed E-state index contributed by atoms with van der Waals surface area (Å²) in [7, 11) is 1.33. The van der Waals surface area contributed by atoms with Gasteiger partial charge in [-0.15, -0.1) is 0 Å². The highest BCUT2D eigenvalue weighted by atomic mass is 32.2. The van der Waals surface area contributed by atoms with Gasteiger partial charge in [0.05, 0.1) is 19.5 Å². The van der Waals surface area contributed by atoms with Crippen LogP contribution in [0.15, 0.2) is 12.4 Å². The second kappa shape index (κ2) is 7.11. The van der Waals surface area contributed by atoms with Crippen LogP contribution < -0.4 is 5.32 Å². The van der Waals surface area contributed by atoms with Crippen LogP contribution in [0.5, 0.6) is 0 Å². The second-order valence-electron chi connectivity index (χ2n) is 3.49. The Hall–Kier alpha value is -1.30. The first-order chi connectivity index (χ1) is 8.21. The first-order valence-electron chi connectivity index (χ1n) is 5.37. The van der Waals surface area contributed by atoms with E-state index in [1.165, 1.54) is 13.3 Å². The maximum absolute atomic E-state index is 11.3. The second-order valence-corrected chi connectivity index (χ2v) is 4.40. The zero-order chi connectivity index (χ0) is 12.7. The number of hydrogen-bond donors (Lipinski definition) is 1. The van der Waals surface area contributed by atoms with E-state index in [0.29, 0.717) is 11.9 Å². The molecule has 0 aromatic carbocycles. The molecule has 17 heavy (non-hydrogen) atoms. The standard InChI is InChI=1S/C11H17N3O2S/c1-4-8(7-17-3)13-10-6-12-5-9(14-10)11(15)16-2/h5-6,8H,4,7H2,1-3H3,(H,13,14). The molecule has 94 valence electrons. The number of ether oxygens (including phenoxy) is 1. The molecule has 0 radical (unpaired) electrons. The molecule has 6 heteroatoms. The molecule has 1 rings (SSSR count). The minimum atomic E-state index is -0.473. The Morgan fingerprint density at radius 2 is 2.35 bits per heavy atom. The number of carbonyl (C=O) groups excluding carboxylic acids is 1. The molecule has 1 aromatic rings. The van der Waals surface area contributed by atoms with Crippen LogP contribution in [0.4, 0.5) is 5.82 Å². The molecule has 0 spiro atoms. The van der Waals surface area contributed by atoms with Crippen LogP contribution in [0.2, 0.25) is 0 Å². The summed E-state index contributed by atoms with van der Waals surface area (Å²) in [5.41, 5.74) is 0.219. The van der Waals surface area contributed by atoms with Gasteiger partial charge < -0.3 is 10.1 Å². The normalized spacial score (nSPS) is 11.9. The first-order valence-corrected chi connectivity index (χ1v) is 6.76. The molecule has 0 bridgehead atoms. The largest absolute Gasteiger partial charge is 0.464 e. The quantitative estimate of drug-likeness (QED) is 0.782. The molecular weight excluding hydrogens is 238 g/mol. The molecule has 5 nitrogen and oxygen atoms in total. The molecule has 0 saturated carbocycles. The van der Waals surface area contributed by atoms with Gasteiger partial charge in [-0.05, 0) is 12.7 Å². The first kappa shape index (κ1) is 13.8. The lowest BCUT2D eigenvalue weighted by Crippen LogP contribution is -2.22. The van der Waals surface area contributed by atoms with Crippen LogP contribution in [0.1, 0.15) is 23.8 Å². The topological polar surface area (TPSA) is 64.1 Å². The Bertz CT molecular complexity index is 373. The predicted octanol–water partition coefficient (Wildman–Crippen LogP) is 1.82. The molecule has 1 heterocycles. The van der Waals surface area contributed by atoms with Gasteiger partial charge in [-0.1, -0.05) is 6.92 Å². The number of aromatic nitrogens is 2. The van der Waals surface area contributed by atoms with Gasteiger partial charge >= 0.3 is 5.97 Å². The van der Waals surface area contributed by atoms with Gasteiger partial charge in [0.15, 0.2) is 5.69 Å². The molecule has 0 saturated heterocycles. The Labute approximate surface area is 105 Å². The van der Waals surface area contributed by atoms with E-state index in [1.54, 1.807) is 18.0 Å². The van der Waals surface area contributed by atoms with E-state index in [4.69, 9.17) is 0 Å². The van der Waals surface area contributed by atoms with Crippen molar-refractivity contribution in [3.8, 4) is 0 Å². The van der Waals surface area contributed by atoms with Crippen molar-refractivity contribution < 1.29 is 9.53 Å². The van der Waals surface area contributed by atoms with E-state index in [2.05, 4.69) is 33.2 Å². The Kier molecular flexibility index (Phi) is 5.76. The lowest BCUT2D eigenvalue weighted by atomic mass is 10.2. The SMILES string of the molecule is CCC(CSC)Nc1cncc(C(=O)OC)n1. The van der Waals surface area contributed by atoms with Gasteiger partial charge in [-0.2, -0.15) is 11.8 Å². The number of esters is 1. The van der Waals surface area contributed by atoms with E-state index >= 15 is 0 Å². The number of rotatable bonds is 6. The number of nitrogens with zero attached hydrogens (tertiary/aromatic N) is 2. The fourth-order valence-electron chi connectivity index (χ4n) is 1.31. The van der Waals surface area contributed by atoms with Crippen molar-refractivity contribution >= 4 is 23.5 Å². The summed E-state index contributed by atoms with van der Waals surface area (Å²) in [6.45, 7) is 2.10. The van der Waals surface area contributed by atoms with Crippen LogP contribution >= 0.6 is 11.8 Å². The third kappa shape index (κ3) is 4.22. The van der Waals surface area contributed by atoms with E-state index in [9.17, 15) is 4.79 Å². The summed E-state index contributed by atoms with van der Waals surface area (Å²) >= 11 is 1.77. The van der Waals surface area contributed by atoms with Crippen molar-refractivity contribution in [2.45, 2.75) is 19.4 Å². The summed E-state index contributed by atoms with van der Waals surface area (Å²) in [4.78, 5) is 19.4. The number of carbonyl (C=O) groups is 1. The van der Waals surface area contributed by atoms with Gasteiger partial charge in [0, 0.05) is 11.8 Å². The average Bonchev–Trinajstić information content (AvgIpc) is 2.37. The van der Waals surface area contributed by atoms with Crippen LogP contribution in [-0.4, -0.2) is 41.1 Å². The Balaban J connectivity index is 2.74. The van der Waals surface area contributed by atoms with Gasteiger partial charge in [0.1, 0.15) is 5.82 Å². The molecule has 1 atom stereocenters. The highest BCUT2D eigenvalue weighted by Crippen LogP contribution is 2.09. The lowest BCUT2D eigenvalue weighted by Gasteiger charge is -2.16. The molecule has 0 fully saturated rings. The highest BCUT2D eigenvalue weighted by Gasteiger charge is 2.10. The van der Waals surface area contributed by atoms with Gasteiger partial charge in [0.25, 0.3) is 0 Å². The van der Waals surface area contributed by atoms with Crippen LogP contribution in [0.3, 0.4) is 0 Å². The number of hydrogen-bond acceptors (Lipinski definition) is 6.